The Balaban J connectivity index is 2.05. The van der Waals surface area contributed by atoms with Crippen LogP contribution in [0, 0.1) is 10.1 Å². The van der Waals surface area contributed by atoms with Gasteiger partial charge in [-0.3, -0.25) is 10.1 Å². The second kappa shape index (κ2) is 9.03. The van der Waals surface area contributed by atoms with Crippen molar-refractivity contribution >= 4 is 28.8 Å². The number of hydrogen-bond donors (Lipinski definition) is 1. The molecule has 0 aromatic heterocycles. The van der Waals surface area contributed by atoms with Crippen molar-refractivity contribution in [1.82, 2.24) is 0 Å². The minimum atomic E-state index is -5.03. The van der Waals surface area contributed by atoms with E-state index < -0.39 is 22.7 Å². The zero-order valence-corrected chi connectivity index (χ0v) is 14.4. The number of ether oxygens (including phenoxy) is 1. The smallest absolute Gasteiger partial charge is 0.398 e. The van der Waals surface area contributed by atoms with Gasteiger partial charge in [-0.05, 0) is 17.7 Å². The van der Waals surface area contributed by atoms with Crippen LogP contribution in [0.25, 0.3) is 0 Å². The van der Waals surface area contributed by atoms with Crippen LogP contribution < -0.4 is 10.5 Å². The Morgan fingerprint density at radius 2 is 1.96 bits per heavy atom. The van der Waals surface area contributed by atoms with Gasteiger partial charge in [0.1, 0.15) is 0 Å². The topological polar surface area (TPSA) is 103 Å². The number of nitro benzene ring substituents is 1. The fourth-order valence-corrected chi connectivity index (χ4v) is 2.49. The molecule has 0 saturated carbocycles. The van der Waals surface area contributed by atoms with Crippen LogP contribution >= 0.6 is 11.8 Å². The lowest BCUT2D eigenvalue weighted by Crippen LogP contribution is -2.18. The third-order valence-corrected chi connectivity index (χ3v) is 3.85. The third-order valence-electron chi connectivity index (χ3n) is 3.00. The van der Waals surface area contributed by atoms with Gasteiger partial charge < -0.3 is 10.5 Å². The maximum Gasteiger partial charge on any atom is 0.573 e. The summed E-state index contributed by atoms with van der Waals surface area (Å²) in [4.78, 5) is 9.94. The van der Waals surface area contributed by atoms with Gasteiger partial charge in [0, 0.05) is 17.4 Å². The molecule has 0 bridgehead atoms. The summed E-state index contributed by atoms with van der Waals surface area (Å²) in [6.07, 6.45) is -3.89. The van der Waals surface area contributed by atoms with Crippen LogP contribution in [-0.2, 0) is 5.75 Å². The van der Waals surface area contributed by atoms with E-state index in [9.17, 15) is 23.3 Å². The molecular formula is C16H13F3N4O3S. The Labute approximate surface area is 155 Å². The van der Waals surface area contributed by atoms with E-state index in [1.54, 1.807) is 0 Å². The van der Waals surface area contributed by atoms with Crippen LogP contribution in [0.3, 0.4) is 0 Å². The highest BCUT2D eigenvalue weighted by molar-refractivity contribution is 8.13. The second-order valence-corrected chi connectivity index (χ2v) is 5.98. The number of rotatable bonds is 6. The summed E-state index contributed by atoms with van der Waals surface area (Å²) in [5.41, 5.74) is 6.07. The molecule has 2 N–H and O–H groups in total. The number of nitrogens with two attached hydrogens (primary N) is 1. The molecule has 0 spiro atoms. The first-order valence-electron chi connectivity index (χ1n) is 7.32. The molecule has 0 aliphatic carbocycles. The molecule has 0 fully saturated rings. The summed E-state index contributed by atoms with van der Waals surface area (Å²) in [5, 5.41) is 18.5. The van der Waals surface area contributed by atoms with Gasteiger partial charge in [-0.25, -0.2) is 0 Å². The number of benzene rings is 2. The van der Waals surface area contributed by atoms with Gasteiger partial charge >= 0.3 is 12.0 Å². The van der Waals surface area contributed by atoms with E-state index >= 15 is 0 Å². The van der Waals surface area contributed by atoms with E-state index in [1.807, 2.05) is 30.3 Å². The van der Waals surface area contributed by atoms with Crippen LogP contribution in [0.5, 0.6) is 5.75 Å². The van der Waals surface area contributed by atoms with Crippen LogP contribution in [0.15, 0.2) is 58.7 Å². The Bertz CT molecular complexity index is 858. The molecule has 7 nitrogen and oxygen atoms in total. The van der Waals surface area contributed by atoms with E-state index in [0.717, 1.165) is 23.9 Å². The van der Waals surface area contributed by atoms with Gasteiger partial charge in [-0.15, -0.1) is 18.3 Å². The van der Waals surface area contributed by atoms with E-state index in [-0.39, 0.29) is 10.7 Å². The van der Waals surface area contributed by atoms with Crippen molar-refractivity contribution in [3.63, 3.8) is 0 Å². The van der Waals surface area contributed by atoms with Gasteiger partial charge in [0.2, 0.25) is 5.75 Å². The minimum absolute atomic E-state index is 0.167. The predicted molar refractivity (Wildman–Crippen MR) is 96.7 cm³/mol. The molecule has 0 aliphatic heterocycles. The van der Waals surface area contributed by atoms with E-state index in [2.05, 4.69) is 14.9 Å². The predicted octanol–water partition coefficient (Wildman–Crippen LogP) is 4.08. The molecule has 2 rings (SSSR count). The summed E-state index contributed by atoms with van der Waals surface area (Å²) in [5.74, 6) is -0.327. The molecule has 0 amide bonds. The first-order chi connectivity index (χ1) is 12.7. The van der Waals surface area contributed by atoms with Crippen molar-refractivity contribution in [2.75, 3.05) is 0 Å². The van der Waals surface area contributed by atoms with Crippen molar-refractivity contribution in [2.24, 2.45) is 15.9 Å². The number of thioether (sulfide) groups is 1. The Hall–Kier alpha value is -3.08. The highest BCUT2D eigenvalue weighted by Gasteiger charge is 2.34. The number of halogens is 3. The van der Waals surface area contributed by atoms with Crippen molar-refractivity contribution < 1.29 is 22.8 Å². The Morgan fingerprint density at radius 1 is 1.26 bits per heavy atom. The van der Waals surface area contributed by atoms with Crippen molar-refractivity contribution in [2.45, 2.75) is 12.1 Å². The van der Waals surface area contributed by atoms with Gasteiger partial charge in [-0.1, -0.05) is 42.1 Å². The van der Waals surface area contributed by atoms with Gasteiger partial charge in [-0.2, -0.15) is 5.10 Å². The van der Waals surface area contributed by atoms with E-state index in [1.165, 1.54) is 17.8 Å². The average Bonchev–Trinajstić information content (AvgIpc) is 2.60. The minimum Gasteiger partial charge on any atom is -0.398 e. The van der Waals surface area contributed by atoms with Crippen LogP contribution in [-0.4, -0.2) is 22.7 Å². The normalized spacial score (nSPS) is 12.3. The Kier molecular flexibility index (Phi) is 6.77. The SMILES string of the molecule is NC(=NN=Cc1ccc(OC(F)(F)F)c([N+](=O)[O-])c1)SCc1ccccc1. The highest BCUT2D eigenvalue weighted by atomic mass is 32.2. The van der Waals surface area contributed by atoms with Crippen molar-refractivity contribution in [3.8, 4) is 5.75 Å². The molecule has 0 aliphatic rings. The summed E-state index contributed by atoms with van der Waals surface area (Å²) < 4.78 is 40.4. The lowest BCUT2D eigenvalue weighted by atomic mass is 10.2. The van der Waals surface area contributed by atoms with E-state index in [4.69, 9.17) is 5.73 Å². The third kappa shape index (κ3) is 6.98. The van der Waals surface area contributed by atoms with Gasteiger partial charge in [0.05, 0.1) is 11.1 Å². The molecule has 11 heteroatoms. The number of amidine groups is 1. The number of alkyl halides is 3. The maximum atomic E-state index is 12.3. The zero-order valence-electron chi connectivity index (χ0n) is 13.6. The van der Waals surface area contributed by atoms with Crippen molar-refractivity contribution in [1.29, 1.82) is 0 Å². The van der Waals surface area contributed by atoms with E-state index in [0.29, 0.717) is 5.75 Å². The zero-order chi connectivity index (χ0) is 19.9. The summed E-state index contributed by atoms with van der Waals surface area (Å²) in [6.45, 7) is 0. The summed E-state index contributed by atoms with van der Waals surface area (Å²) in [6, 6.07) is 12.4. The lowest BCUT2D eigenvalue weighted by Gasteiger charge is -2.09. The van der Waals surface area contributed by atoms with Crippen LogP contribution in [0.2, 0.25) is 0 Å². The average molecular weight is 398 g/mol. The number of hydrogen-bond acceptors (Lipinski definition) is 6. The molecule has 27 heavy (non-hydrogen) atoms. The fourth-order valence-electron chi connectivity index (χ4n) is 1.88. The monoisotopic (exact) mass is 398 g/mol. The first kappa shape index (κ1) is 20.2. The summed E-state index contributed by atoms with van der Waals surface area (Å²) in [7, 11) is 0. The number of nitro groups is 1. The summed E-state index contributed by atoms with van der Waals surface area (Å²) >= 11 is 1.24. The maximum absolute atomic E-state index is 12.3. The molecule has 0 atom stereocenters. The standard InChI is InChI=1S/C16H13F3N4O3S/c17-16(18,19)26-14-7-6-12(8-13(14)23(24)25)9-21-22-15(20)27-10-11-4-2-1-3-5-11/h1-9H,10H2,(H2,20,22). The molecule has 142 valence electrons. The first-order valence-corrected chi connectivity index (χ1v) is 8.30. The highest BCUT2D eigenvalue weighted by Crippen LogP contribution is 2.32. The van der Waals surface area contributed by atoms with Gasteiger partial charge in [0.25, 0.3) is 0 Å². The quantitative estimate of drug-likeness (QED) is 0.342. The van der Waals surface area contributed by atoms with Crippen molar-refractivity contribution in [3.05, 3.63) is 69.8 Å². The molecule has 0 radical (unpaired) electrons. The molecule has 0 unspecified atom stereocenters. The number of nitrogens with zero attached hydrogens (tertiary/aromatic N) is 3. The van der Waals surface area contributed by atoms with Crippen LogP contribution in [0.4, 0.5) is 18.9 Å². The fraction of sp³-hybridized carbons (Fsp3) is 0.125. The molecule has 2 aromatic rings. The molecular weight excluding hydrogens is 385 g/mol. The molecule has 2 aromatic carbocycles. The Morgan fingerprint density at radius 3 is 2.59 bits per heavy atom. The second-order valence-electron chi connectivity index (χ2n) is 4.99. The largest absolute Gasteiger partial charge is 0.573 e. The molecule has 0 saturated heterocycles. The van der Waals surface area contributed by atoms with Gasteiger partial charge in [0.15, 0.2) is 5.17 Å². The molecule has 0 heterocycles. The lowest BCUT2D eigenvalue weighted by molar-refractivity contribution is -0.388. The van der Waals surface area contributed by atoms with Crippen LogP contribution in [0.1, 0.15) is 11.1 Å².